The van der Waals surface area contributed by atoms with E-state index in [1.165, 1.54) is 6.33 Å². The number of nitrogens with two attached hydrogens (primary N) is 1. The predicted molar refractivity (Wildman–Crippen MR) is 106 cm³/mol. The Morgan fingerprint density at radius 2 is 2.07 bits per heavy atom. The van der Waals surface area contributed by atoms with Crippen molar-refractivity contribution in [2.24, 2.45) is 11.1 Å². The van der Waals surface area contributed by atoms with Gasteiger partial charge >= 0.3 is 0 Å². The number of aromatic nitrogens is 3. The molecule has 0 saturated heterocycles. The lowest BCUT2D eigenvalue weighted by molar-refractivity contribution is -0.171. The minimum atomic E-state index is -0.915. The Bertz CT molecular complexity index is 763. The Morgan fingerprint density at radius 1 is 1.41 bits per heavy atom. The molecule has 1 heterocycles. The SMILES string of the molecule is CCOC1CC(N)(C(=O)NC(C)c2ccc(-n3cncn3)cc2)C1(C)C.Cl. The van der Waals surface area contributed by atoms with Gasteiger partial charge in [0.1, 0.15) is 18.2 Å². The lowest BCUT2D eigenvalue weighted by atomic mass is 9.54. The van der Waals surface area contributed by atoms with Gasteiger partial charge in [0.15, 0.2) is 0 Å². The maximum atomic E-state index is 12.8. The minimum absolute atomic E-state index is 0. The Balaban J connectivity index is 0.00000261. The number of hydrogen-bond acceptors (Lipinski definition) is 5. The molecule has 3 atom stereocenters. The monoisotopic (exact) mass is 393 g/mol. The van der Waals surface area contributed by atoms with Gasteiger partial charge in [0.25, 0.3) is 0 Å². The van der Waals surface area contributed by atoms with Crippen LogP contribution in [-0.2, 0) is 9.53 Å². The smallest absolute Gasteiger partial charge is 0.241 e. The zero-order chi connectivity index (χ0) is 18.9. The number of nitrogens with one attached hydrogen (secondary N) is 1. The third kappa shape index (κ3) is 3.72. The Hall–Kier alpha value is -1.96. The summed E-state index contributed by atoms with van der Waals surface area (Å²) in [5, 5.41) is 7.16. The molecule has 2 aromatic rings. The van der Waals surface area contributed by atoms with E-state index in [2.05, 4.69) is 15.4 Å². The molecule has 1 aliphatic rings. The van der Waals surface area contributed by atoms with E-state index in [1.807, 2.05) is 52.0 Å². The van der Waals surface area contributed by atoms with E-state index < -0.39 is 11.0 Å². The van der Waals surface area contributed by atoms with E-state index in [0.717, 1.165) is 11.3 Å². The lowest BCUT2D eigenvalue weighted by Crippen LogP contribution is -2.75. The highest BCUT2D eigenvalue weighted by atomic mass is 35.5. The molecule has 8 heteroatoms. The van der Waals surface area contributed by atoms with Crippen LogP contribution in [0.5, 0.6) is 0 Å². The van der Waals surface area contributed by atoms with Crippen LogP contribution in [0, 0.1) is 5.41 Å². The standard InChI is InChI=1S/C19H27N5O2.ClH/c1-5-26-16-10-19(20,18(16,3)4)17(25)23-13(2)14-6-8-15(9-7-14)24-12-21-11-22-24;/h6-9,11-13,16H,5,10,20H2,1-4H3,(H,23,25);1H. The van der Waals surface area contributed by atoms with E-state index in [0.29, 0.717) is 13.0 Å². The minimum Gasteiger partial charge on any atom is -0.378 e. The van der Waals surface area contributed by atoms with Crippen LogP contribution in [0.1, 0.15) is 45.7 Å². The summed E-state index contributed by atoms with van der Waals surface area (Å²) in [5.74, 6) is -0.133. The van der Waals surface area contributed by atoms with Crippen molar-refractivity contribution in [2.75, 3.05) is 6.61 Å². The normalized spacial score (nSPS) is 24.4. The molecule has 27 heavy (non-hydrogen) atoms. The second-order valence-electron chi connectivity index (χ2n) is 7.47. The first-order chi connectivity index (χ1) is 12.3. The highest BCUT2D eigenvalue weighted by Crippen LogP contribution is 2.50. The van der Waals surface area contributed by atoms with Gasteiger partial charge in [-0.2, -0.15) is 5.10 Å². The van der Waals surface area contributed by atoms with Gasteiger partial charge in [0, 0.05) is 18.4 Å². The summed E-state index contributed by atoms with van der Waals surface area (Å²) in [4.78, 5) is 16.8. The second-order valence-corrected chi connectivity index (χ2v) is 7.47. The van der Waals surface area contributed by atoms with Crippen molar-refractivity contribution in [3.63, 3.8) is 0 Å². The van der Waals surface area contributed by atoms with Crippen molar-refractivity contribution >= 4 is 18.3 Å². The summed E-state index contributed by atoms with van der Waals surface area (Å²) < 4.78 is 7.39. The first-order valence-corrected chi connectivity index (χ1v) is 8.96. The summed E-state index contributed by atoms with van der Waals surface area (Å²) in [5.41, 5.74) is 7.06. The Labute approximate surface area is 166 Å². The molecule has 1 saturated carbocycles. The lowest BCUT2D eigenvalue weighted by Gasteiger charge is -2.57. The van der Waals surface area contributed by atoms with Crippen molar-refractivity contribution in [1.82, 2.24) is 20.1 Å². The van der Waals surface area contributed by atoms with Crippen molar-refractivity contribution in [3.05, 3.63) is 42.5 Å². The fourth-order valence-electron chi connectivity index (χ4n) is 3.49. The molecule has 1 amide bonds. The van der Waals surface area contributed by atoms with Crippen LogP contribution in [-0.4, -0.2) is 38.9 Å². The molecule has 3 rings (SSSR count). The summed E-state index contributed by atoms with van der Waals surface area (Å²) in [7, 11) is 0. The number of ether oxygens (including phenoxy) is 1. The van der Waals surface area contributed by atoms with Gasteiger partial charge in [-0.05, 0) is 31.5 Å². The van der Waals surface area contributed by atoms with Gasteiger partial charge in [-0.25, -0.2) is 9.67 Å². The molecule has 1 aromatic carbocycles. The molecule has 3 N–H and O–H groups in total. The Morgan fingerprint density at radius 3 is 2.59 bits per heavy atom. The highest BCUT2D eigenvalue weighted by molar-refractivity contribution is 5.89. The average molecular weight is 394 g/mol. The van der Waals surface area contributed by atoms with Crippen LogP contribution in [0.15, 0.2) is 36.9 Å². The van der Waals surface area contributed by atoms with Crippen LogP contribution in [0.3, 0.4) is 0 Å². The first kappa shape index (κ1) is 21.3. The molecule has 7 nitrogen and oxygen atoms in total. The number of benzene rings is 1. The van der Waals surface area contributed by atoms with Crippen molar-refractivity contribution in [3.8, 4) is 5.69 Å². The van der Waals surface area contributed by atoms with Crippen molar-refractivity contribution < 1.29 is 9.53 Å². The molecule has 0 aliphatic heterocycles. The molecule has 1 aromatic heterocycles. The zero-order valence-corrected chi connectivity index (χ0v) is 17.0. The molecule has 0 radical (unpaired) electrons. The second kappa shape index (κ2) is 7.96. The summed E-state index contributed by atoms with van der Waals surface area (Å²) >= 11 is 0. The third-order valence-electron chi connectivity index (χ3n) is 5.66. The van der Waals surface area contributed by atoms with E-state index in [1.54, 1.807) is 11.0 Å². The highest BCUT2D eigenvalue weighted by Gasteiger charge is 2.62. The summed E-state index contributed by atoms with van der Waals surface area (Å²) in [6.07, 6.45) is 3.69. The van der Waals surface area contributed by atoms with Crippen LogP contribution in [0.25, 0.3) is 5.69 Å². The number of carbonyl (C=O) groups is 1. The Kier molecular flexibility index (Phi) is 6.29. The van der Waals surface area contributed by atoms with Gasteiger partial charge in [0.2, 0.25) is 5.91 Å². The third-order valence-corrected chi connectivity index (χ3v) is 5.66. The number of hydrogen-bond donors (Lipinski definition) is 2. The number of nitrogens with zero attached hydrogens (tertiary/aromatic N) is 3. The molecule has 3 unspecified atom stereocenters. The van der Waals surface area contributed by atoms with Gasteiger partial charge in [-0.15, -0.1) is 12.4 Å². The fraction of sp³-hybridized carbons (Fsp3) is 0.526. The molecule has 0 bridgehead atoms. The van der Waals surface area contributed by atoms with Crippen molar-refractivity contribution in [1.29, 1.82) is 0 Å². The van der Waals surface area contributed by atoms with Crippen molar-refractivity contribution in [2.45, 2.75) is 51.8 Å². The van der Waals surface area contributed by atoms with E-state index in [9.17, 15) is 4.79 Å². The van der Waals surface area contributed by atoms with E-state index in [-0.39, 0.29) is 30.5 Å². The molecule has 0 spiro atoms. The molecule has 148 valence electrons. The number of carbonyl (C=O) groups excluding carboxylic acids is 1. The summed E-state index contributed by atoms with van der Waals surface area (Å²) in [6, 6.07) is 7.70. The van der Waals surface area contributed by atoms with Gasteiger partial charge < -0.3 is 15.8 Å². The summed E-state index contributed by atoms with van der Waals surface area (Å²) in [6.45, 7) is 8.53. The average Bonchev–Trinajstić information content (AvgIpc) is 3.16. The molecular formula is C19H28ClN5O2. The predicted octanol–water partition coefficient (Wildman–Crippen LogP) is 2.40. The number of rotatable bonds is 6. The largest absolute Gasteiger partial charge is 0.378 e. The topological polar surface area (TPSA) is 95.1 Å². The number of amides is 1. The maximum Gasteiger partial charge on any atom is 0.241 e. The van der Waals surface area contributed by atoms with Gasteiger partial charge in [0.05, 0.1) is 17.8 Å². The van der Waals surface area contributed by atoms with Crippen LogP contribution in [0.4, 0.5) is 0 Å². The van der Waals surface area contributed by atoms with E-state index in [4.69, 9.17) is 10.5 Å². The molecule has 1 aliphatic carbocycles. The molecule has 1 fully saturated rings. The quantitative estimate of drug-likeness (QED) is 0.785. The maximum absolute atomic E-state index is 12.8. The van der Waals surface area contributed by atoms with Crippen LogP contribution >= 0.6 is 12.4 Å². The fourth-order valence-corrected chi connectivity index (χ4v) is 3.49. The van der Waals surface area contributed by atoms with Gasteiger partial charge in [-0.1, -0.05) is 26.0 Å². The molecular weight excluding hydrogens is 366 g/mol. The van der Waals surface area contributed by atoms with Crippen LogP contribution in [0.2, 0.25) is 0 Å². The first-order valence-electron chi connectivity index (χ1n) is 8.96. The van der Waals surface area contributed by atoms with E-state index >= 15 is 0 Å². The van der Waals surface area contributed by atoms with Crippen LogP contribution < -0.4 is 11.1 Å². The number of halogens is 1. The zero-order valence-electron chi connectivity index (χ0n) is 16.2. The van der Waals surface area contributed by atoms with Gasteiger partial charge in [-0.3, -0.25) is 4.79 Å².